The monoisotopic (exact) mass is 295 g/mol. The second-order valence-corrected chi connectivity index (χ2v) is 5.97. The summed E-state index contributed by atoms with van der Waals surface area (Å²) in [5.41, 5.74) is 1.38. The Morgan fingerprint density at radius 1 is 0.941 bits per heavy atom. The van der Waals surface area contributed by atoms with Crippen LogP contribution in [-0.2, 0) is 6.54 Å². The van der Waals surface area contributed by atoms with E-state index in [9.17, 15) is 0 Å². The van der Waals surface area contributed by atoms with Crippen LogP contribution in [0, 0.1) is 0 Å². The van der Waals surface area contributed by atoms with Crippen LogP contribution in [0.2, 0.25) is 0 Å². The fraction of sp³-hybridized carbons (Fsp3) is 0.600. The number of halogens is 1. The molecule has 0 amide bonds. The van der Waals surface area contributed by atoms with E-state index >= 15 is 0 Å². The summed E-state index contributed by atoms with van der Waals surface area (Å²) in [6, 6.07) is 9.36. The first-order valence-corrected chi connectivity index (χ1v) is 7.62. The smallest absolute Gasteiger partial charge is 0.0208 e. The number of rotatable bonds is 3. The van der Waals surface area contributed by atoms with Crippen molar-refractivity contribution in [2.75, 3.05) is 0 Å². The Kier molecular flexibility index (Phi) is 5.53. The van der Waals surface area contributed by atoms with Crippen molar-refractivity contribution in [3.8, 4) is 0 Å². The average molecular weight is 296 g/mol. The summed E-state index contributed by atoms with van der Waals surface area (Å²) in [7, 11) is 0. The van der Waals surface area contributed by atoms with Gasteiger partial charge in [-0.05, 0) is 30.5 Å². The van der Waals surface area contributed by atoms with E-state index in [0.717, 1.165) is 17.1 Å². The summed E-state index contributed by atoms with van der Waals surface area (Å²) in [4.78, 5) is 0. The van der Waals surface area contributed by atoms with Crippen molar-refractivity contribution in [1.82, 2.24) is 5.32 Å². The number of benzene rings is 1. The Bertz CT molecular complexity index is 312. The maximum absolute atomic E-state index is 3.71. The van der Waals surface area contributed by atoms with E-state index in [1.165, 1.54) is 50.5 Å². The predicted molar refractivity (Wildman–Crippen MR) is 77.1 cm³/mol. The van der Waals surface area contributed by atoms with Gasteiger partial charge in [0.1, 0.15) is 0 Å². The molecule has 1 N–H and O–H groups in total. The first-order valence-electron chi connectivity index (χ1n) is 6.82. The van der Waals surface area contributed by atoms with Crippen LogP contribution in [0.25, 0.3) is 0 Å². The third-order valence-corrected chi connectivity index (χ3v) is 4.14. The molecule has 1 nitrogen and oxygen atoms in total. The van der Waals surface area contributed by atoms with E-state index in [4.69, 9.17) is 0 Å². The lowest BCUT2D eigenvalue weighted by Gasteiger charge is -2.21. The molecule has 0 unspecified atom stereocenters. The molecule has 1 aromatic carbocycles. The molecule has 1 aliphatic rings. The van der Waals surface area contributed by atoms with Gasteiger partial charge < -0.3 is 5.32 Å². The van der Waals surface area contributed by atoms with Crippen molar-refractivity contribution in [2.24, 2.45) is 0 Å². The molecule has 0 aromatic heterocycles. The Labute approximate surface area is 113 Å². The number of hydrogen-bond acceptors (Lipinski definition) is 1. The maximum Gasteiger partial charge on any atom is 0.0208 e. The highest BCUT2D eigenvalue weighted by atomic mass is 79.9. The lowest BCUT2D eigenvalue weighted by atomic mass is 9.96. The molecule has 1 saturated carbocycles. The van der Waals surface area contributed by atoms with Crippen molar-refractivity contribution in [2.45, 2.75) is 57.5 Å². The minimum absolute atomic E-state index is 0.735. The number of hydrogen-bond donors (Lipinski definition) is 1. The Hall–Kier alpha value is -0.340. The van der Waals surface area contributed by atoms with Crippen molar-refractivity contribution >= 4 is 15.9 Å². The Balaban J connectivity index is 1.77. The second kappa shape index (κ2) is 7.17. The molecule has 0 heterocycles. The molecular weight excluding hydrogens is 274 g/mol. The molecule has 94 valence electrons. The maximum atomic E-state index is 3.71. The fourth-order valence-electron chi connectivity index (χ4n) is 2.52. The van der Waals surface area contributed by atoms with Gasteiger partial charge in [0.2, 0.25) is 0 Å². The summed E-state index contributed by atoms with van der Waals surface area (Å²) < 4.78 is 1.16. The van der Waals surface area contributed by atoms with Gasteiger partial charge >= 0.3 is 0 Å². The minimum atomic E-state index is 0.735. The van der Waals surface area contributed by atoms with Gasteiger partial charge in [-0.3, -0.25) is 0 Å². The standard InChI is InChI=1S/C15H22BrN/c16-14-10-8-13(9-11-14)12-17-15-6-4-2-1-3-5-7-15/h8-11,15,17H,1-7,12H2. The zero-order chi connectivity index (χ0) is 11.9. The Morgan fingerprint density at radius 2 is 1.53 bits per heavy atom. The molecule has 2 heteroatoms. The molecule has 0 saturated heterocycles. The molecular formula is C15H22BrN. The molecule has 0 radical (unpaired) electrons. The topological polar surface area (TPSA) is 12.0 Å². The van der Waals surface area contributed by atoms with Gasteiger partial charge in [-0.15, -0.1) is 0 Å². The highest BCUT2D eigenvalue weighted by Gasteiger charge is 2.10. The highest BCUT2D eigenvalue weighted by molar-refractivity contribution is 9.10. The summed E-state index contributed by atoms with van der Waals surface area (Å²) in [6.45, 7) is 1.01. The van der Waals surface area contributed by atoms with Gasteiger partial charge in [-0.25, -0.2) is 0 Å². The van der Waals surface area contributed by atoms with E-state index in [1.54, 1.807) is 0 Å². The predicted octanol–water partition coefficient (Wildman–Crippen LogP) is 4.65. The van der Waals surface area contributed by atoms with E-state index in [1.807, 2.05) is 0 Å². The van der Waals surface area contributed by atoms with Crippen LogP contribution in [0.4, 0.5) is 0 Å². The van der Waals surface area contributed by atoms with Crippen LogP contribution >= 0.6 is 15.9 Å². The fourth-order valence-corrected chi connectivity index (χ4v) is 2.79. The molecule has 0 bridgehead atoms. The lowest BCUT2D eigenvalue weighted by Crippen LogP contribution is -2.29. The third-order valence-electron chi connectivity index (χ3n) is 3.61. The molecule has 2 rings (SSSR count). The Morgan fingerprint density at radius 3 is 2.18 bits per heavy atom. The molecule has 1 fully saturated rings. The van der Waals surface area contributed by atoms with Gasteiger partial charge in [0, 0.05) is 17.1 Å². The first kappa shape index (κ1) is 13.1. The van der Waals surface area contributed by atoms with Crippen LogP contribution in [0.3, 0.4) is 0 Å². The molecule has 0 spiro atoms. The largest absolute Gasteiger partial charge is 0.310 e. The van der Waals surface area contributed by atoms with Crippen LogP contribution in [0.1, 0.15) is 50.5 Å². The first-order chi connectivity index (χ1) is 8.34. The number of nitrogens with one attached hydrogen (secondary N) is 1. The van der Waals surface area contributed by atoms with Gasteiger partial charge in [0.05, 0.1) is 0 Å². The van der Waals surface area contributed by atoms with E-state index < -0.39 is 0 Å². The van der Waals surface area contributed by atoms with E-state index in [2.05, 4.69) is 45.5 Å². The average Bonchev–Trinajstić information content (AvgIpc) is 2.30. The molecule has 17 heavy (non-hydrogen) atoms. The van der Waals surface area contributed by atoms with E-state index in [-0.39, 0.29) is 0 Å². The molecule has 0 atom stereocenters. The van der Waals surface area contributed by atoms with Crippen molar-refractivity contribution < 1.29 is 0 Å². The van der Waals surface area contributed by atoms with Crippen LogP contribution in [-0.4, -0.2) is 6.04 Å². The zero-order valence-corrected chi connectivity index (χ0v) is 12.0. The van der Waals surface area contributed by atoms with Crippen molar-refractivity contribution in [1.29, 1.82) is 0 Å². The zero-order valence-electron chi connectivity index (χ0n) is 10.4. The van der Waals surface area contributed by atoms with E-state index in [0.29, 0.717) is 0 Å². The SMILES string of the molecule is Brc1ccc(CNC2CCCCCCC2)cc1. The molecule has 1 aromatic rings. The van der Waals surface area contributed by atoms with Gasteiger partial charge in [0.15, 0.2) is 0 Å². The molecule has 0 aliphatic heterocycles. The third kappa shape index (κ3) is 4.81. The van der Waals surface area contributed by atoms with Gasteiger partial charge in [0.25, 0.3) is 0 Å². The van der Waals surface area contributed by atoms with Crippen molar-refractivity contribution in [3.63, 3.8) is 0 Å². The summed E-state index contributed by atoms with van der Waals surface area (Å²) >= 11 is 3.47. The van der Waals surface area contributed by atoms with Crippen molar-refractivity contribution in [3.05, 3.63) is 34.3 Å². The van der Waals surface area contributed by atoms with Gasteiger partial charge in [-0.1, -0.05) is 60.2 Å². The highest BCUT2D eigenvalue weighted by Crippen LogP contribution is 2.17. The summed E-state index contributed by atoms with van der Waals surface area (Å²) in [5, 5.41) is 3.71. The normalized spacial score (nSPS) is 18.6. The summed E-state index contributed by atoms with van der Waals surface area (Å²) in [5.74, 6) is 0. The van der Waals surface area contributed by atoms with Crippen LogP contribution < -0.4 is 5.32 Å². The minimum Gasteiger partial charge on any atom is -0.310 e. The quantitative estimate of drug-likeness (QED) is 0.856. The lowest BCUT2D eigenvalue weighted by molar-refractivity contribution is 0.389. The summed E-state index contributed by atoms with van der Waals surface area (Å²) in [6.07, 6.45) is 9.81. The van der Waals surface area contributed by atoms with Crippen LogP contribution in [0.5, 0.6) is 0 Å². The molecule has 1 aliphatic carbocycles. The van der Waals surface area contributed by atoms with Crippen LogP contribution in [0.15, 0.2) is 28.7 Å². The second-order valence-electron chi connectivity index (χ2n) is 5.05. The van der Waals surface area contributed by atoms with Gasteiger partial charge in [-0.2, -0.15) is 0 Å².